The Bertz CT molecular complexity index is 1100. The van der Waals surface area contributed by atoms with E-state index in [1.54, 1.807) is 31.2 Å². The standard InChI is InChI=1S/C20H14ClF3N2O3/c1-11-8-14(13-4-2-3-5-16(13)25-11)19(28)29-10-18(27)26-17-7-6-12(21)9-15(17)20(22,23)24/h2-9H,10H2,1H3,(H,26,27). The van der Waals surface area contributed by atoms with Crippen molar-refractivity contribution in [3.8, 4) is 0 Å². The van der Waals surface area contributed by atoms with E-state index in [1.807, 2.05) is 0 Å². The molecule has 0 spiro atoms. The second kappa shape index (κ2) is 8.08. The van der Waals surface area contributed by atoms with Crippen molar-refractivity contribution in [2.24, 2.45) is 0 Å². The highest BCUT2D eigenvalue weighted by Crippen LogP contribution is 2.36. The number of aryl methyl sites for hydroxylation is 1. The Labute approximate surface area is 168 Å². The number of aromatic nitrogens is 1. The zero-order valence-electron chi connectivity index (χ0n) is 15.0. The van der Waals surface area contributed by atoms with Gasteiger partial charge >= 0.3 is 12.1 Å². The number of pyridine rings is 1. The van der Waals surface area contributed by atoms with Crippen molar-refractivity contribution < 1.29 is 27.5 Å². The molecule has 1 N–H and O–H groups in total. The van der Waals surface area contributed by atoms with Gasteiger partial charge in [-0.15, -0.1) is 0 Å². The van der Waals surface area contributed by atoms with E-state index in [0.29, 0.717) is 22.7 Å². The van der Waals surface area contributed by atoms with Gasteiger partial charge in [-0.25, -0.2) is 4.79 Å². The van der Waals surface area contributed by atoms with Crippen molar-refractivity contribution in [3.63, 3.8) is 0 Å². The van der Waals surface area contributed by atoms with E-state index in [1.165, 1.54) is 12.1 Å². The van der Waals surface area contributed by atoms with Gasteiger partial charge in [-0.05, 0) is 37.3 Å². The number of alkyl halides is 3. The molecule has 0 aliphatic carbocycles. The summed E-state index contributed by atoms with van der Waals surface area (Å²) in [5.74, 6) is -1.70. The second-order valence-electron chi connectivity index (χ2n) is 6.14. The van der Waals surface area contributed by atoms with Gasteiger partial charge in [0.15, 0.2) is 6.61 Å². The van der Waals surface area contributed by atoms with Crippen molar-refractivity contribution >= 4 is 40.1 Å². The van der Waals surface area contributed by atoms with Crippen LogP contribution in [0.25, 0.3) is 10.9 Å². The lowest BCUT2D eigenvalue weighted by Crippen LogP contribution is -2.23. The van der Waals surface area contributed by atoms with E-state index < -0.39 is 35.9 Å². The number of amides is 1. The maximum atomic E-state index is 13.1. The molecule has 0 aliphatic heterocycles. The van der Waals surface area contributed by atoms with Gasteiger partial charge in [0.05, 0.1) is 22.3 Å². The minimum atomic E-state index is -4.71. The molecular formula is C20H14ClF3N2O3. The van der Waals surface area contributed by atoms with Gasteiger partial charge in [-0.1, -0.05) is 29.8 Å². The van der Waals surface area contributed by atoms with Gasteiger partial charge in [0.2, 0.25) is 0 Å². The van der Waals surface area contributed by atoms with Crippen LogP contribution in [0.5, 0.6) is 0 Å². The molecule has 0 saturated carbocycles. The average molecular weight is 423 g/mol. The van der Waals surface area contributed by atoms with Crippen LogP contribution in [0.4, 0.5) is 18.9 Å². The summed E-state index contributed by atoms with van der Waals surface area (Å²) in [5.41, 5.74) is -0.201. The van der Waals surface area contributed by atoms with Crippen LogP contribution in [-0.4, -0.2) is 23.5 Å². The topological polar surface area (TPSA) is 68.3 Å². The second-order valence-corrected chi connectivity index (χ2v) is 6.58. The summed E-state index contributed by atoms with van der Waals surface area (Å²) in [4.78, 5) is 28.8. The molecule has 0 aliphatic rings. The van der Waals surface area contributed by atoms with Crippen molar-refractivity contribution in [2.75, 3.05) is 11.9 Å². The predicted molar refractivity (Wildman–Crippen MR) is 102 cm³/mol. The molecule has 0 fully saturated rings. The average Bonchev–Trinajstić information content (AvgIpc) is 2.66. The fourth-order valence-electron chi connectivity index (χ4n) is 2.73. The molecule has 0 bridgehead atoms. The third kappa shape index (κ3) is 4.83. The minimum absolute atomic E-state index is 0.123. The van der Waals surface area contributed by atoms with Crippen LogP contribution in [-0.2, 0) is 15.7 Å². The molecule has 9 heteroatoms. The zero-order chi connectivity index (χ0) is 21.2. The summed E-state index contributed by atoms with van der Waals surface area (Å²) in [6.07, 6.45) is -4.71. The van der Waals surface area contributed by atoms with E-state index in [-0.39, 0.29) is 10.6 Å². The van der Waals surface area contributed by atoms with Crippen molar-refractivity contribution in [1.29, 1.82) is 0 Å². The number of halogens is 4. The number of rotatable bonds is 4. The van der Waals surface area contributed by atoms with Crippen LogP contribution >= 0.6 is 11.6 Å². The maximum absolute atomic E-state index is 13.1. The Morgan fingerprint density at radius 2 is 1.86 bits per heavy atom. The van der Waals surface area contributed by atoms with Gasteiger partial charge in [-0.2, -0.15) is 13.2 Å². The molecule has 0 atom stereocenters. The number of nitrogens with one attached hydrogen (secondary N) is 1. The monoisotopic (exact) mass is 422 g/mol. The number of carbonyl (C=O) groups is 2. The van der Waals surface area contributed by atoms with Crippen LogP contribution in [0, 0.1) is 6.92 Å². The van der Waals surface area contributed by atoms with E-state index in [2.05, 4.69) is 10.3 Å². The van der Waals surface area contributed by atoms with Crippen LogP contribution in [0.1, 0.15) is 21.6 Å². The van der Waals surface area contributed by atoms with Crippen LogP contribution in [0.2, 0.25) is 5.02 Å². The Balaban J connectivity index is 1.73. The Hall–Kier alpha value is -3.13. The number of ether oxygens (including phenoxy) is 1. The van der Waals surface area contributed by atoms with E-state index >= 15 is 0 Å². The summed E-state index contributed by atoms with van der Waals surface area (Å²) >= 11 is 5.60. The third-order valence-corrected chi connectivity index (χ3v) is 4.19. The van der Waals surface area contributed by atoms with Crippen molar-refractivity contribution in [1.82, 2.24) is 4.98 Å². The number of esters is 1. The number of fused-ring (bicyclic) bond motifs is 1. The largest absolute Gasteiger partial charge is 0.452 e. The van der Waals surface area contributed by atoms with Crippen LogP contribution in [0.15, 0.2) is 48.5 Å². The van der Waals surface area contributed by atoms with Gasteiger partial charge in [0.25, 0.3) is 5.91 Å². The summed E-state index contributed by atoms with van der Waals surface area (Å²) in [6, 6.07) is 11.4. The predicted octanol–water partition coefficient (Wildman–Crippen LogP) is 5.01. The smallest absolute Gasteiger partial charge is 0.418 e. The number of carbonyl (C=O) groups excluding carboxylic acids is 2. The quantitative estimate of drug-likeness (QED) is 0.600. The molecule has 5 nitrogen and oxygen atoms in total. The molecule has 3 aromatic rings. The number of para-hydroxylation sites is 1. The number of nitrogens with zero attached hydrogens (tertiary/aromatic N) is 1. The summed E-state index contributed by atoms with van der Waals surface area (Å²) in [7, 11) is 0. The molecule has 0 radical (unpaired) electrons. The molecule has 2 aromatic carbocycles. The molecular weight excluding hydrogens is 409 g/mol. The van der Waals surface area contributed by atoms with Gasteiger partial charge < -0.3 is 10.1 Å². The van der Waals surface area contributed by atoms with Gasteiger partial charge in [0, 0.05) is 16.1 Å². The van der Waals surface area contributed by atoms with E-state index in [4.69, 9.17) is 16.3 Å². The molecule has 1 aromatic heterocycles. The molecule has 3 rings (SSSR count). The van der Waals surface area contributed by atoms with E-state index in [0.717, 1.165) is 6.07 Å². The normalized spacial score (nSPS) is 11.3. The first-order valence-corrected chi connectivity index (χ1v) is 8.73. The number of hydrogen-bond donors (Lipinski definition) is 1. The first kappa shape index (κ1) is 20.6. The highest BCUT2D eigenvalue weighted by atomic mass is 35.5. The van der Waals surface area contributed by atoms with Gasteiger partial charge in [-0.3, -0.25) is 9.78 Å². The molecule has 1 heterocycles. The Morgan fingerprint density at radius 1 is 1.14 bits per heavy atom. The molecule has 150 valence electrons. The fraction of sp³-hybridized carbons (Fsp3) is 0.150. The van der Waals surface area contributed by atoms with Crippen LogP contribution < -0.4 is 5.32 Å². The number of hydrogen-bond acceptors (Lipinski definition) is 4. The Kier molecular flexibility index (Phi) is 5.74. The summed E-state index contributed by atoms with van der Waals surface area (Å²) < 4.78 is 44.3. The number of anilines is 1. The lowest BCUT2D eigenvalue weighted by molar-refractivity contribution is -0.137. The first-order chi connectivity index (χ1) is 13.6. The Morgan fingerprint density at radius 3 is 2.59 bits per heavy atom. The SMILES string of the molecule is Cc1cc(C(=O)OCC(=O)Nc2ccc(Cl)cc2C(F)(F)F)c2ccccc2n1. The lowest BCUT2D eigenvalue weighted by atomic mass is 10.1. The highest BCUT2D eigenvalue weighted by Gasteiger charge is 2.34. The zero-order valence-corrected chi connectivity index (χ0v) is 15.8. The van der Waals surface area contributed by atoms with E-state index in [9.17, 15) is 22.8 Å². The van der Waals surface area contributed by atoms with Crippen LogP contribution in [0.3, 0.4) is 0 Å². The van der Waals surface area contributed by atoms with Crippen molar-refractivity contribution in [3.05, 3.63) is 70.4 Å². The maximum Gasteiger partial charge on any atom is 0.418 e. The van der Waals surface area contributed by atoms with Gasteiger partial charge in [0.1, 0.15) is 0 Å². The van der Waals surface area contributed by atoms with Crippen molar-refractivity contribution in [2.45, 2.75) is 13.1 Å². The molecule has 1 amide bonds. The molecule has 29 heavy (non-hydrogen) atoms. The molecule has 0 saturated heterocycles. The third-order valence-electron chi connectivity index (χ3n) is 3.96. The lowest BCUT2D eigenvalue weighted by Gasteiger charge is -2.14. The fourth-order valence-corrected chi connectivity index (χ4v) is 2.90. The highest BCUT2D eigenvalue weighted by molar-refractivity contribution is 6.30. The first-order valence-electron chi connectivity index (χ1n) is 8.35. The number of benzene rings is 2. The summed E-state index contributed by atoms with van der Waals surface area (Å²) in [6.45, 7) is 0.948. The molecule has 0 unspecified atom stereocenters. The summed E-state index contributed by atoms with van der Waals surface area (Å²) in [5, 5.41) is 2.51. The minimum Gasteiger partial charge on any atom is -0.452 e.